The summed E-state index contributed by atoms with van der Waals surface area (Å²) in [5, 5.41) is 19.1. The van der Waals surface area contributed by atoms with Gasteiger partial charge < -0.3 is 5.11 Å². The van der Waals surface area contributed by atoms with Crippen molar-refractivity contribution in [2.75, 3.05) is 0 Å². The standard InChI is InChI=1S/C7H3ClINO4/c8-4-2-5(9)6(10(13)14)1-3(4)7(11)12/h1-2H,(H,11,12). The van der Waals surface area contributed by atoms with Crippen molar-refractivity contribution in [2.24, 2.45) is 0 Å². The van der Waals surface area contributed by atoms with Gasteiger partial charge in [0.15, 0.2) is 0 Å². The Labute approximate surface area is 97.0 Å². The van der Waals surface area contributed by atoms with Gasteiger partial charge in [0.1, 0.15) is 0 Å². The summed E-state index contributed by atoms with van der Waals surface area (Å²) >= 11 is 7.32. The molecule has 0 aromatic heterocycles. The molecule has 1 aromatic rings. The highest BCUT2D eigenvalue weighted by Crippen LogP contribution is 2.28. The third-order valence-electron chi connectivity index (χ3n) is 1.46. The third kappa shape index (κ3) is 2.13. The Morgan fingerprint density at radius 2 is 2.14 bits per heavy atom. The van der Waals surface area contributed by atoms with Gasteiger partial charge in [0.2, 0.25) is 0 Å². The Morgan fingerprint density at radius 3 is 2.57 bits per heavy atom. The Hall–Kier alpha value is -0.890. The van der Waals surface area contributed by atoms with Crippen molar-refractivity contribution >= 4 is 45.8 Å². The summed E-state index contributed by atoms with van der Waals surface area (Å²) in [6.45, 7) is 0. The fraction of sp³-hybridized carbons (Fsp3) is 0. The molecule has 0 bridgehead atoms. The lowest BCUT2D eigenvalue weighted by molar-refractivity contribution is -0.385. The lowest BCUT2D eigenvalue weighted by Gasteiger charge is -2.00. The van der Waals surface area contributed by atoms with E-state index >= 15 is 0 Å². The van der Waals surface area contributed by atoms with E-state index in [9.17, 15) is 14.9 Å². The van der Waals surface area contributed by atoms with Crippen molar-refractivity contribution in [1.82, 2.24) is 0 Å². The summed E-state index contributed by atoms with van der Waals surface area (Å²) in [6.07, 6.45) is 0. The molecule has 0 aliphatic heterocycles. The number of carboxylic acids is 1. The van der Waals surface area contributed by atoms with Gasteiger partial charge in [-0.15, -0.1) is 0 Å². The predicted octanol–water partition coefficient (Wildman–Crippen LogP) is 2.55. The molecule has 0 amide bonds. The molecule has 0 unspecified atom stereocenters. The molecule has 1 rings (SSSR count). The van der Waals surface area contributed by atoms with Crippen LogP contribution in [0.5, 0.6) is 0 Å². The van der Waals surface area contributed by atoms with Crippen LogP contribution in [0.3, 0.4) is 0 Å². The summed E-state index contributed by atoms with van der Waals surface area (Å²) in [5.41, 5.74) is -0.522. The van der Waals surface area contributed by atoms with E-state index in [4.69, 9.17) is 16.7 Å². The third-order valence-corrected chi connectivity index (χ3v) is 2.64. The zero-order valence-electron chi connectivity index (χ0n) is 6.53. The van der Waals surface area contributed by atoms with Gasteiger partial charge >= 0.3 is 5.97 Å². The lowest BCUT2D eigenvalue weighted by atomic mass is 10.2. The number of hydrogen-bond acceptors (Lipinski definition) is 3. The highest BCUT2D eigenvalue weighted by Gasteiger charge is 2.18. The number of aromatic carboxylic acids is 1. The minimum absolute atomic E-state index is 0.00694. The zero-order chi connectivity index (χ0) is 10.9. The van der Waals surface area contributed by atoms with Crippen LogP contribution < -0.4 is 0 Å². The summed E-state index contributed by atoms with van der Waals surface area (Å²) in [7, 11) is 0. The van der Waals surface area contributed by atoms with Gasteiger partial charge in [-0.1, -0.05) is 11.6 Å². The molecule has 74 valence electrons. The fourth-order valence-electron chi connectivity index (χ4n) is 0.841. The molecule has 0 fully saturated rings. The van der Waals surface area contributed by atoms with Crippen LogP contribution in [0.15, 0.2) is 12.1 Å². The molecular weight excluding hydrogens is 324 g/mol. The maximum Gasteiger partial charge on any atom is 0.337 e. The highest BCUT2D eigenvalue weighted by molar-refractivity contribution is 14.1. The molecule has 5 nitrogen and oxygen atoms in total. The van der Waals surface area contributed by atoms with Crippen molar-refractivity contribution < 1.29 is 14.8 Å². The first-order valence-electron chi connectivity index (χ1n) is 3.30. The zero-order valence-corrected chi connectivity index (χ0v) is 9.44. The second-order valence-electron chi connectivity index (χ2n) is 2.35. The molecule has 0 saturated carbocycles. The minimum Gasteiger partial charge on any atom is -0.478 e. The van der Waals surface area contributed by atoms with Crippen LogP contribution in [0, 0.1) is 13.7 Å². The summed E-state index contributed by atoms with van der Waals surface area (Å²) < 4.78 is 0.308. The maximum absolute atomic E-state index is 10.6. The van der Waals surface area contributed by atoms with E-state index in [0.29, 0.717) is 3.57 Å². The van der Waals surface area contributed by atoms with E-state index in [2.05, 4.69) is 0 Å². The minimum atomic E-state index is -1.28. The number of rotatable bonds is 2. The normalized spacial score (nSPS) is 9.86. The highest BCUT2D eigenvalue weighted by atomic mass is 127. The Balaban J connectivity index is 3.42. The molecule has 0 spiro atoms. The Morgan fingerprint density at radius 1 is 1.57 bits per heavy atom. The van der Waals surface area contributed by atoms with Gasteiger partial charge in [-0.3, -0.25) is 10.1 Å². The smallest absolute Gasteiger partial charge is 0.337 e. The van der Waals surface area contributed by atoms with E-state index in [1.165, 1.54) is 6.07 Å². The number of hydrogen-bond donors (Lipinski definition) is 1. The molecule has 1 aromatic carbocycles. The van der Waals surface area contributed by atoms with Gasteiger partial charge in [-0.05, 0) is 28.7 Å². The number of carboxylic acid groups (broad SMARTS) is 1. The summed E-state index contributed by atoms with van der Waals surface area (Å²) in [6, 6.07) is 2.20. The Kier molecular flexibility index (Phi) is 3.27. The number of halogens is 2. The van der Waals surface area contributed by atoms with E-state index in [1.54, 1.807) is 22.6 Å². The molecule has 0 aliphatic carbocycles. The van der Waals surface area contributed by atoms with E-state index in [0.717, 1.165) is 6.07 Å². The van der Waals surface area contributed by atoms with Crippen LogP contribution in [-0.4, -0.2) is 16.0 Å². The van der Waals surface area contributed by atoms with Crippen molar-refractivity contribution in [1.29, 1.82) is 0 Å². The number of nitro groups is 1. The first-order valence-corrected chi connectivity index (χ1v) is 4.76. The lowest BCUT2D eigenvalue weighted by Crippen LogP contribution is -2.01. The van der Waals surface area contributed by atoms with E-state index in [-0.39, 0.29) is 16.3 Å². The summed E-state index contributed by atoms with van der Waals surface area (Å²) in [5.74, 6) is -1.28. The monoisotopic (exact) mass is 327 g/mol. The van der Waals surface area contributed by atoms with E-state index in [1.807, 2.05) is 0 Å². The predicted molar refractivity (Wildman–Crippen MR) is 57.8 cm³/mol. The summed E-state index contributed by atoms with van der Waals surface area (Å²) in [4.78, 5) is 20.4. The topological polar surface area (TPSA) is 80.4 Å². The number of nitrogens with zero attached hydrogens (tertiary/aromatic N) is 1. The molecule has 0 saturated heterocycles. The second kappa shape index (κ2) is 4.09. The molecule has 7 heteroatoms. The van der Waals surface area contributed by atoms with Crippen LogP contribution in [0.2, 0.25) is 5.02 Å². The van der Waals surface area contributed by atoms with Crippen LogP contribution >= 0.6 is 34.2 Å². The molecule has 0 radical (unpaired) electrons. The van der Waals surface area contributed by atoms with Gasteiger partial charge in [0.05, 0.1) is 19.1 Å². The van der Waals surface area contributed by atoms with Gasteiger partial charge in [-0.25, -0.2) is 4.79 Å². The quantitative estimate of drug-likeness (QED) is 0.514. The van der Waals surface area contributed by atoms with Crippen LogP contribution in [0.25, 0.3) is 0 Å². The maximum atomic E-state index is 10.6. The van der Waals surface area contributed by atoms with Crippen molar-refractivity contribution in [3.8, 4) is 0 Å². The van der Waals surface area contributed by atoms with E-state index < -0.39 is 10.9 Å². The molecule has 0 atom stereocenters. The average Bonchev–Trinajstić information content (AvgIpc) is 2.02. The SMILES string of the molecule is O=C(O)c1cc([N+](=O)[O-])c(I)cc1Cl. The second-order valence-corrected chi connectivity index (χ2v) is 3.92. The first kappa shape index (κ1) is 11.2. The van der Waals surface area contributed by atoms with Gasteiger partial charge in [-0.2, -0.15) is 0 Å². The number of benzene rings is 1. The van der Waals surface area contributed by atoms with Crippen molar-refractivity contribution in [3.63, 3.8) is 0 Å². The number of nitro benzene ring substituents is 1. The largest absolute Gasteiger partial charge is 0.478 e. The fourth-order valence-corrected chi connectivity index (χ4v) is 1.93. The average molecular weight is 327 g/mol. The number of carbonyl (C=O) groups is 1. The molecular formula is C7H3ClINO4. The molecule has 0 heterocycles. The Bertz CT molecular complexity index is 385. The molecule has 0 aliphatic rings. The molecule has 14 heavy (non-hydrogen) atoms. The van der Waals surface area contributed by atoms with Crippen LogP contribution in [0.4, 0.5) is 5.69 Å². The first-order chi connectivity index (χ1) is 6.43. The molecule has 1 N–H and O–H groups in total. The van der Waals surface area contributed by atoms with Gasteiger partial charge in [0.25, 0.3) is 5.69 Å². The van der Waals surface area contributed by atoms with Gasteiger partial charge in [0, 0.05) is 6.07 Å². The van der Waals surface area contributed by atoms with Crippen molar-refractivity contribution in [2.45, 2.75) is 0 Å². The van der Waals surface area contributed by atoms with Crippen LogP contribution in [0.1, 0.15) is 10.4 Å². The van der Waals surface area contributed by atoms with Crippen LogP contribution in [-0.2, 0) is 0 Å². The van der Waals surface area contributed by atoms with Crippen molar-refractivity contribution in [3.05, 3.63) is 36.4 Å².